The average molecular weight is 478 g/mol. The fraction of sp³-hybridized carbons (Fsp3) is 0.259. The van der Waals surface area contributed by atoms with Crippen LogP contribution < -0.4 is 0 Å². The molecule has 4 aromatic rings. The molecule has 2 amide bonds. The maximum atomic E-state index is 13.5. The summed E-state index contributed by atoms with van der Waals surface area (Å²) in [5, 5.41) is 2.99. The van der Waals surface area contributed by atoms with Crippen molar-refractivity contribution in [2.45, 2.75) is 32.9 Å². The summed E-state index contributed by atoms with van der Waals surface area (Å²) in [6.45, 7) is 4.64. The maximum absolute atomic E-state index is 13.5. The third-order valence-electron chi connectivity index (χ3n) is 5.89. The summed E-state index contributed by atoms with van der Waals surface area (Å²) in [6.07, 6.45) is 2.64. The van der Waals surface area contributed by atoms with Crippen LogP contribution in [-0.2, 0) is 17.8 Å². The minimum absolute atomic E-state index is 0.0104. The molecule has 0 fully saturated rings. The molecular weight excluding hydrogens is 449 g/mol. The summed E-state index contributed by atoms with van der Waals surface area (Å²) in [7, 11) is 0. The van der Waals surface area contributed by atoms with Crippen molar-refractivity contribution in [2.24, 2.45) is 0 Å². The number of aromatic amines is 1. The molecule has 0 spiro atoms. The average Bonchev–Trinajstić information content (AvgIpc) is 3.51. The fourth-order valence-electron chi connectivity index (χ4n) is 3.97. The highest BCUT2D eigenvalue weighted by Crippen LogP contribution is 2.20. The van der Waals surface area contributed by atoms with Gasteiger partial charge in [0.15, 0.2) is 0 Å². The zero-order chi connectivity index (χ0) is 24.1. The minimum atomic E-state index is -0.312. The summed E-state index contributed by atoms with van der Waals surface area (Å²) in [5.74, 6) is -0.590. The molecule has 34 heavy (non-hydrogen) atoms. The van der Waals surface area contributed by atoms with E-state index in [1.165, 1.54) is 23.5 Å². The third kappa shape index (κ3) is 5.54. The smallest absolute Gasteiger partial charge is 0.264 e. The van der Waals surface area contributed by atoms with E-state index in [0.717, 1.165) is 22.0 Å². The lowest BCUT2D eigenvalue weighted by Gasteiger charge is -2.30. The molecule has 0 bridgehead atoms. The Morgan fingerprint density at radius 1 is 1.03 bits per heavy atom. The van der Waals surface area contributed by atoms with Gasteiger partial charge in [0.25, 0.3) is 5.91 Å². The molecule has 0 radical (unpaired) electrons. The van der Waals surface area contributed by atoms with Gasteiger partial charge in [-0.15, -0.1) is 11.3 Å². The van der Waals surface area contributed by atoms with Crippen LogP contribution in [0.3, 0.4) is 0 Å². The molecule has 0 saturated heterocycles. The Labute approximate surface area is 202 Å². The van der Waals surface area contributed by atoms with Crippen LogP contribution in [0.1, 0.15) is 34.6 Å². The Hall–Kier alpha value is -3.45. The van der Waals surface area contributed by atoms with Crippen LogP contribution in [0.5, 0.6) is 0 Å². The molecule has 2 aromatic carbocycles. The summed E-state index contributed by atoms with van der Waals surface area (Å²) in [4.78, 5) is 33.8. The van der Waals surface area contributed by atoms with Crippen LogP contribution >= 0.6 is 11.3 Å². The van der Waals surface area contributed by atoms with Gasteiger partial charge in [0.05, 0.1) is 4.88 Å². The van der Waals surface area contributed by atoms with Crippen molar-refractivity contribution < 1.29 is 14.0 Å². The number of halogens is 1. The monoisotopic (exact) mass is 477 g/mol. The van der Waals surface area contributed by atoms with Crippen molar-refractivity contribution in [3.63, 3.8) is 0 Å². The van der Waals surface area contributed by atoms with Gasteiger partial charge in [-0.3, -0.25) is 9.59 Å². The second-order valence-corrected chi connectivity index (χ2v) is 9.50. The first-order chi connectivity index (χ1) is 16.4. The Balaban J connectivity index is 1.53. The first kappa shape index (κ1) is 23.7. The van der Waals surface area contributed by atoms with Crippen LogP contribution in [0.2, 0.25) is 0 Å². The normalized spacial score (nSPS) is 11.2. The number of rotatable bonds is 9. The van der Waals surface area contributed by atoms with E-state index >= 15 is 0 Å². The number of H-pyrrole nitrogens is 1. The zero-order valence-corrected chi connectivity index (χ0v) is 20.1. The van der Waals surface area contributed by atoms with Crippen molar-refractivity contribution in [1.82, 2.24) is 14.8 Å². The van der Waals surface area contributed by atoms with E-state index < -0.39 is 0 Å². The van der Waals surface area contributed by atoms with E-state index in [-0.39, 0.29) is 30.2 Å². The standard InChI is InChI=1S/C27H28FN3O2S/c1-19(2)31(27(33)25-8-5-15-34-25)18-26(32)30(17-20-9-11-22(28)12-10-20)14-13-21-16-29-24-7-4-3-6-23(21)24/h3-12,15-16,19,29H,13-14,17-18H2,1-2H3. The highest BCUT2D eigenvalue weighted by atomic mass is 32.1. The summed E-state index contributed by atoms with van der Waals surface area (Å²) >= 11 is 1.37. The molecule has 1 N–H and O–H groups in total. The predicted molar refractivity (Wildman–Crippen MR) is 134 cm³/mol. The number of amides is 2. The number of nitrogens with zero attached hydrogens (tertiary/aromatic N) is 2. The largest absolute Gasteiger partial charge is 0.361 e. The van der Waals surface area contributed by atoms with Crippen LogP contribution in [-0.4, -0.2) is 45.7 Å². The van der Waals surface area contributed by atoms with E-state index in [2.05, 4.69) is 11.1 Å². The Morgan fingerprint density at radius 2 is 1.79 bits per heavy atom. The molecule has 2 aromatic heterocycles. The number of benzene rings is 2. The Morgan fingerprint density at radius 3 is 2.50 bits per heavy atom. The van der Waals surface area contributed by atoms with E-state index in [1.807, 2.05) is 49.7 Å². The van der Waals surface area contributed by atoms with Gasteiger partial charge in [-0.2, -0.15) is 0 Å². The summed E-state index contributed by atoms with van der Waals surface area (Å²) in [5.41, 5.74) is 3.03. The topological polar surface area (TPSA) is 56.4 Å². The third-order valence-corrected chi connectivity index (χ3v) is 6.75. The van der Waals surface area contributed by atoms with E-state index in [0.29, 0.717) is 24.4 Å². The van der Waals surface area contributed by atoms with Crippen molar-refractivity contribution >= 4 is 34.1 Å². The SMILES string of the molecule is CC(C)N(CC(=O)N(CCc1c[nH]c2ccccc12)Cc1ccc(F)cc1)C(=O)c1cccs1. The van der Waals surface area contributed by atoms with Crippen molar-refractivity contribution in [3.8, 4) is 0 Å². The lowest BCUT2D eigenvalue weighted by Crippen LogP contribution is -2.46. The first-order valence-electron chi connectivity index (χ1n) is 11.3. The molecular formula is C27H28FN3O2S. The minimum Gasteiger partial charge on any atom is -0.361 e. The Kier molecular flexibility index (Phi) is 7.43. The van der Waals surface area contributed by atoms with Gasteiger partial charge in [0, 0.05) is 36.2 Å². The predicted octanol–water partition coefficient (Wildman–Crippen LogP) is 5.49. The molecule has 0 aliphatic heterocycles. The number of carbonyl (C=O) groups is 2. The molecule has 7 heteroatoms. The van der Waals surface area contributed by atoms with Gasteiger partial charge in [-0.05, 0) is 61.0 Å². The molecule has 176 valence electrons. The van der Waals surface area contributed by atoms with Crippen LogP contribution in [0.15, 0.2) is 72.2 Å². The second-order valence-electron chi connectivity index (χ2n) is 8.56. The number of thiophene rings is 1. The van der Waals surface area contributed by atoms with Gasteiger partial charge in [0.2, 0.25) is 5.91 Å². The molecule has 0 saturated carbocycles. The number of hydrogen-bond acceptors (Lipinski definition) is 3. The van der Waals surface area contributed by atoms with Gasteiger partial charge in [0.1, 0.15) is 12.4 Å². The Bertz CT molecular complexity index is 1250. The highest BCUT2D eigenvalue weighted by Gasteiger charge is 2.25. The highest BCUT2D eigenvalue weighted by molar-refractivity contribution is 7.12. The van der Waals surface area contributed by atoms with Gasteiger partial charge in [-0.1, -0.05) is 36.4 Å². The van der Waals surface area contributed by atoms with Gasteiger partial charge < -0.3 is 14.8 Å². The fourth-order valence-corrected chi connectivity index (χ4v) is 4.65. The van der Waals surface area contributed by atoms with Gasteiger partial charge >= 0.3 is 0 Å². The van der Waals surface area contributed by atoms with Crippen LogP contribution in [0, 0.1) is 5.82 Å². The van der Waals surface area contributed by atoms with Crippen LogP contribution in [0.25, 0.3) is 10.9 Å². The number of fused-ring (bicyclic) bond motifs is 1. The molecule has 0 atom stereocenters. The molecule has 5 nitrogen and oxygen atoms in total. The summed E-state index contributed by atoms with van der Waals surface area (Å²) in [6, 6.07) is 17.7. The quantitative estimate of drug-likeness (QED) is 0.347. The van der Waals surface area contributed by atoms with E-state index in [1.54, 1.807) is 28.0 Å². The van der Waals surface area contributed by atoms with E-state index in [4.69, 9.17) is 0 Å². The summed E-state index contributed by atoms with van der Waals surface area (Å²) < 4.78 is 13.4. The number of para-hydroxylation sites is 1. The van der Waals surface area contributed by atoms with Crippen LogP contribution in [0.4, 0.5) is 4.39 Å². The van der Waals surface area contributed by atoms with Crippen molar-refractivity contribution in [1.29, 1.82) is 0 Å². The van der Waals surface area contributed by atoms with E-state index in [9.17, 15) is 14.0 Å². The lowest BCUT2D eigenvalue weighted by atomic mass is 10.1. The lowest BCUT2D eigenvalue weighted by molar-refractivity contribution is -0.132. The van der Waals surface area contributed by atoms with Gasteiger partial charge in [-0.25, -0.2) is 4.39 Å². The maximum Gasteiger partial charge on any atom is 0.264 e. The molecule has 0 aliphatic rings. The molecule has 2 heterocycles. The number of hydrogen-bond donors (Lipinski definition) is 1. The number of carbonyl (C=O) groups excluding carboxylic acids is 2. The molecule has 0 unspecified atom stereocenters. The first-order valence-corrected chi connectivity index (χ1v) is 12.2. The second kappa shape index (κ2) is 10.7. The van der Waals surface area contributed by atoms with Crippen molar-refractivity contribution in [3.05, 3.63) is 94.1 Å². The molecule has 0 aliphatic carbocycles. The van der Waals surface area contributed by atoms with Crippen molar-refractivity contribution in [2.75, 3.05) is 13.1 Å². The molecule has 4 rings (SSSR count). The number of aromatic nitrogens is 1. The number of nitrogens with one attached hydrogen (secondary N) is 1. The zero-order valence-electron chi connectivity index (χ0n) is 19.3.